The van der Waals surface area contributed by atoms with E-state index in [-0.39, 0.29) is 17.4 Å². The smallest absolute Gasteiger partial charge is 0.272 e. The number of aliphatic hydroxyl groups is 1. The average Bonchev–Trinajstić information content (AvgIpc) is 2.66. The summed E-state index contributed by atoms with van der Waals surface area (Å²) in [6.07, 6.45) is 0.872. The molecule has 0 aromatic carbocycles. The van der Waals surface area contributed by atoms with Crippen LogP contribution in [0, 0.1) is 0 Å². The number of likely N-dealkylation sites (N-methyl/N-ethyl adjacent to an activating group) is 1. The molecule has 0 radical (unpaired) electrons. The molecule has 0 fully saturated rings. The van der Waals surface area contributed by atoms with Crippen molar-refractivity contribution in [2.24, 2.45) is 0 Å². The summed E-state index contributed by atoms with van der Waals surface area (Å²) in [4.78, 5) is 22.6. The van der Waals surface area contributed by atoms with Crippen LogP contribution in [0.5, 0.6) is 5.88 Å². The van der Waals surface area contributed by atoms with E-state index in [1.54, 1.807) is 37.1 Å². The maximum Gasteiger partial charge on any atom is 0.272 e. The van der Waals surface area contributed by atoms with Crippen molar-refractivity contribution in [1.29, 1.82) is 0 Å². The topological polar surface area (TPSA) is 75.5 Å². The van der Waals surface area contributed by atoms with E-state index in [0.29, 0.717) is 25.1 Å². The van der Waals surface area contributed by atoms with E-state index in [1.807, 2.05) is 13.0 Å². The van der Waals surface area contributed by atoms with E-state index in [0.717, 1.165) is 5.69 Å². The SMILES string of the molecule is CCN(CCc1ccc(C(C)(C)O)cn1)C(=O)c1cccnc1OCC(F)F. The lowest BCUT2D eigenvalue weighted by atomic mass is 10.0. The number of carbonyl (C=O) groups is 1. The fourth-order valence-electron chi connectivity index (χ4n) is 2.57. The van der Waals surface area contributed by atoms with Crippen molar-refractivity contribution in [3.8, 4) is 5.88 Å². The number of nitrogens with zero attached hydrogens (tertiary/aromatic N) is 3. The van der Waals surface area contributed by atoms with Crippen LogP contribution in [0.1, 0.15) is 42.4 Å². The van der Waals surface area contributed by atoms with Crippen molar-refractivity contribution in [2.75, 3.05) is 19.7 Å². The summed E-state index contributed by atoms with van der Waals surface area (Å²) in [5.74, 6) is -0.438. The molecule has 1 amide bonds. The fraction of sp³-hybridized carbons (Fsp3) is 0.450. The molecule has 2 aromatic heterocycles. The maximum atomic E-state index is 12.8. The van der Waals surface area contributed by atoms with Gasteiger partial charge < -0.3 is 14.7 Å². The normalized spacial score (nSPS) is 11.5. The average molecular weight is 393 g/mol. The molecule has 0 aliphatic heterocycles. The van der Waals surface area contributed by atoms with E-state index in [9.17, 15) is 18.7 Å². The summed E-state index contributed by atoms with van der Waals surface area (Å²) in [5.41, 5.74) is 0.664. The maximum absolute atomic E-state index is 12.8. The number of rotatable bonds is 9. The number of halogens is 2. The van der Waals surface area contributed by atoms with Gasteiger partial charge >= 0.3 is 0 Å². The third kappa shape index (κ3) is 5.95. The number of hydrogen-bond acceptors (Lipinski definition) is 5. The minimum absolute atomic E-state index is 0.0982. The van der Waals surface area contributed by atoms with Gasteiger partial charge in [-0.2, -0.15) is 0 Å². The molecule has 152 valence electrons. The molecule has 2 heterocycles. The molecule has 1 N–H and O–H groups in total. The number of carbonyl (C=O) groups excluding carboxylic acids is 1. The Morgan fingerprint density at radius 3 is 2.61 bits per heavy atom. The summed E-state index contributed by atoms with van der Waals surface area (Å²) in [7, 11) is 0. The largest absolute Gasteiger partial charge is 0.471 e. The zero-order valence-electron chi connectivity index (χ0n) is 16.2. The highest BCUT2D eigenvalue weighted by Gasteiger charge is 2.21. The standard InChI is InChI=1S/C20H25F2N3O3/c1-4-25(11-9-15-8-7-14(12-24-15)20(2,3)27)19(26)16-6-5-10-23-18(16)28-13-17(21)22/h5-8,10,12,17,27H,4,9,11,13H2,1-3H3. The number of alkyl halides is 2. The highest BCUT2D eigenvalue weighted by molar-refractivity contribution is 5.96. The number of ether oxygens (including phenoxy) is 1. The zero-order chi connectivity index (χ0) is 20.7. The van der Waals surface area contributed by atoms with Gasteiger partial charge in [0.25, 0.3) is 12.3 Å². The minimum atomic E-state index is -2.65. The third-order valence-corrected chi connectivity index (χ3v) is 4.19. The molecule has 0 unspecified atom stereocenters. The Bertz CT molecular complexity index is 777. The van der Waals surface area contributed by atoms with Crippen LogP contribution in [0.25, 0.3) is 0 Å². The number of aromatic nitrogens is 2. The molecular weight excluding hydrogens is 368 g/mol. The van der Waals surface area contributed by atoms with E-state index < -0.39 is 18.6 Å². The van der Waals surface area contributed by atoms with Crippen LogP contribution in [0.3, 0.4) is 0 Å². The Kier molecular flexibility index (Phi) is 7.39. The van der Waals surface area contributed by atoms with Gasteiger partial charge in [0, 0.05) is 43.2 Å². The van der Waals surface area contributed by atoms with Gasteiger partial charge in [-0.1, -0.05) is 6.07 Å². The van der Waals surface area contributed by atoms with Crippen molar-refractivity contribution >= 4 is 5.91 Å². The molecule has 8 heteroatoms. The van der Waals surface area contributed by atoms with E-state index >= 15 is 0 Å². The number of pyridine rings is 2. The molecule has 0 bridgehead atoms. The Labute approximate surface area is 163 Å². The summed E-state index contributed by atoms with van der Waals surface area (Å²) in [6.45, 7) is 5.21. The molecule has 0 saturated carbocycles. The summed E-state index contributed by atoms with van der Waals surface area (Å²) in [6, 6.07) is 6.69. The first-order valence-corrected chi connectivity index (χ1v) is 9.05. The zero-order valence-corrected chi connectivity index (χ0v) is 16.2. The lowest BCUT2D eigenvalue weighted by Gasteiger charge is -2.22. The van der Waals surface area contributed by atoms with Gasteiger partial charge in [0.15, 0.2) is 6.61 Å². The van der Waals surface area contributed by atoms with Crippen LogP contribution in [-0.2, 0) is 12.0 Å². The second kappa shape index (κ2) is 9.54. The monoisotopic (exact) mass is 393 g/mol. The van der Waals surface area contributed by atoms with Crippen molar-refractivity contribution in [3.05, 3.63) is 53.5 Å². The summed E-state index contributed by atoms with van der Waals surface area (Å²) < 4.78 is 29.8. The predicted molar refractivity (Wildman–Crippen MR) is 100 cm³/mol. The van der Waals surface area contributed by atoms with Gasteiger partial charge in [-0.15, -0.1) is 0 Å². The lowest BCUT2D eigenvalue weighted by molar-refractivity contribution is 0.0708. The number of amides is 1. The second-order valence-electron chi connectivity index (χ2n) is 6.79. The molecule has 0 atom stereocenters. The van der Waals surface area contributed by atoms with Crippen LogP contribution in [-0.4, -0.2) is 52.0 Å². The first-order chi connectivity index (χ1) is 13.2. The third-order valence-electron chi connectivity index (χ3n) is 4.19. The molecule has 2 rings (SSSR count). The van der Waals surface area contributed by atoms with E-state index in [1.165, 1.54) is 12.3 Å². The minimum Gasteiger partial charge on any atom is -0.471 e. The summed E-state index contributed by atoms with van der Waals surface area (Å²) in [5, 5.41) is 9.98. The van der Waals surface area contributed by atoms with Gasteiger partial charge in [-0.25, -0.2) is 13.8 Å². The van der Waals surface area contributed by atoms with E-state index in [4.69, 9.17) is 4.74 Å². The van der Waals surface area contributed by atoms with Crippen LogP contribution in [0.4, 0.5) is 8.78 Å². The molecule has 0 aliphatic carbocycles. The highest BCUT2D eigenvalue weighted by Crippen LogP contribution is 2.20. The van der Waals surface area contributed by atoms with Gasteiger partial charge in [0.05, 0.1) is 5.60 Å². The Morgan fingerprint density at radius 2 is 2.04 bits per heavy atom. The van der Waals surface area contributed by atoms with Gasteiger partial charge in [-0.3, -0.25) is 9.78 Å². The highest BCUT2D eigenvalue weighted by atomic mass is 19.3. The quantitative estimate of drug-likeness (QED) is 0.709. The van der Waals surface area contributed by atoms with Crippen molar-refractivity contribution < 1.29 is 23.4 Å². The summed E-state index contributed by atoms with van der Waals surface area (Å²) >= 11 is 0. The van der Waals surface area contributed by atoms with Crippen LogP contribution in [0.15, 0.2) is 36.7 Å². The van der Waals surface area contributed by atoms with Gasteiger partial charge in [0.1, 0.15) is 5.56 Å². The van der Waals surface area contributed by atoms with Gasteiger partial charge in [0.2, 0.25) is 5.88 Å². The van der Waals surface area contributed by atoms with Gasteiger partial charge in [-0.05, 0) is 39.0 Å². The Morgan fingerprint density at radius 1 is 1.29 bits per heavy atom. The van der Waals surface area contributed by atoms with Crippen molar-refractivity contribution in [1.82, 2.24) is 14.9 Å². The Balaban J connectivity index is 2.06. The Hall–Kier alpha value is -2.61. The first-order valence-electron chi connectivity index (χ1n) is 9.05. The molecular formula is C20H25F2N3O3. The van der Waals surface area contributed by atoms with Crippen LogP contribution < -0.4 is 4.74 Å². The fourth-order valence-corrected chi connectivity index (χ4v) is 2.57. The van der Waals surface area contributed by atoms with Crippen LogP contribution in [0.2, 0.25) is 0 Å². The molecule has 0 saturated heterocycles. The molecule has 28 heavy (non-hydrogen) atoms. The molecule has 0 aliphatic rings. The van der Waals surface area contributed by atoms with Crippen LogP contribution >= 0.6 is 0 Å². The van der Waals surface area contributed by atoms with E-state index in [2.05, 4.69) is 9.97 Å². The predicted octanol–water partition coefficient (Wildman–Crippen LogP) is 3.05. The second-order valence-corrected chi connectivity index (χ2v) is 6.79. The molecule has 2 aromatic rings. The van der Waals surface area contributed by atoms with Crippen molar-refractivity contribution in [3.63, 3.8) is 0 Å². The molecule has 0 spiro atoms. The van der Waals surface area contributed by atoms with Crippen molar-refractivity contribution in [2.45, 2.75) is 39.2 Å². The number of hydrogen-bond donors (Lipinski definition) is 1. The first kappa shape index (κ1) is 21.7. The molecule has 6 nitrogen and oxygen atoms in total. The lowest BCUT2D eigenvalue weighted by Crippen LogP contribution is -2.33.